The lowest BCUT2D eigenvalue weighted by molar-refractivity contribution is 0.367. The Hall–Kier alpha value is -2.66. The van der Waals surface area contributed by atoms with Crippen molar-refractivity contribution in [2.45, 2.75) is 25.9 Å². The van der Waals surface area contributed by atoms with Crippen molar-refractivity contribution in [2.24, 2.45) is 0 Å². The van der Waals surface area contributed by atoms with Gasteiger partial charge < -0.3 is 14.8 Å². The first kappa shape index (κ1) is 16.8. The first-order chi connectivity index (χ1) is 12.6. The third-order valence-electron chi connectivity index (χ3n) is 5.14. The number of pyridine rings is 1. The van der Waals surface area contributed by atoms with E-state index in [1.54, 1.807) is 0 Å². The van der Waals surface area contributed by atoms with Gasteiger partial charge in [0.1, 0.15) is 0 Å². The van der Waals surface area contributed by atoms with Crippen molar-refractivity contribution in [2.75, 3.05) is 7.05 Å². The first-order valence-electron chi connectivity index (χ1n) is 8.76. The molecule has 2 aromatic heterocycles. The zero-order valence-corrected chi connectivity index (χ0v) is 16.0. The van der Waals surface area contributed by atoms with E-state index in [1.807, 2.05) is 24.4 Å². The molecule has 0 aliphatic carbocycles. The van der Waals surface area contributed by atoms with Gasteiger partial charge in [0.2, 0.25) is 0 Å². The minimum atomic E-state index is 0.0402. The Morgan fingerprint density at radius 2 is 1.77 bits per heavy atom. The Morgan fingerprint density at radius 3 is 2.46 bits per heavy atom. The van der Waals surface area contributed by atoms with E-state index < -0.39 is 0 Å². The molecular weight excluding hydrogens is 340 g/mol. The Kier molecular flexibility index (Phi) is 4.24. The van der Waals surface area contributed by atoms with Crippen molar-refractivity contribution < 1.29 is 0 Å². The van der Waals surface area contributed by atoms with Gasteiger partial charge in [-0.1, -0.05) is 24.3 Å². The molecule has 5 heteroatoms. The summed E-state index contributed by atoms with van der Waals surface area (Å²) >= 11 is 5.55. The highest BCUT2D eigenvalue weighted by Crippen LogP contribution is 2.40. The molecule has 3 heterocycles. The highest BCUT2D eigenvalue weighted by Gasteiger charge is 2.39. The van der Waals surface area contributed by atoms with Crippen LogP contribution in [0.1, 0.15) is 34.7 Å². The van der Waals surface area contributed by atoms with Crippen LogP contribution in [0.5, 0.6) is 0 Å². The van der Waals surface area contributed by atoms with Gasteiger partial charge in [0.05, 0.1) is 17.8 Å². The molecule has 0 saturated carbocycles. The van der Waals surface area contributed by atoms with E-state index in [2.05, 4.69) is 77.1 Å². The average Bonchev–Trinajstić information content (AvgIpc) is 3.12. The SMILES string of the molecule is Cc1cc([C@H]2[C@@H](c3ccccn3)NC(=S)N2C)c(C)n1-c1ccccc1. The summed E-state index contributed by atoms with van der Waals surface area (Å²) in [5.41, 5.74) is 5.91. The zero-order valence-electron chi connectivity index (χ0n) is 15.2. The van der Waals surface area contributed by atoms with E-state index in [1.165, 1.54) is 22.6 Å². The molecule has 3 aromatic rings. The van der Waals surface area contributed by atoms with E-state index in [-0.39, 0.29) is 12.1 Å². The third kappa shape index (κ3) is 2.69. The van der Waals surface area contributed by atoms with Crippen LogP contribution in [-0.4, -0.2) is 26.6 Å². The molecule has 4 nitrogen and oxygen atoms in total. The third-order valence-corrected chi connectivity index (χ3v) is 5.55. The van der Waals surface area contributed by atoms with Crippen LogP contribution in [0.25, 0.3) is 5.69 Å². The fraction of sp³-hybridized carbons (Fsp3) is 0.238. The predicted octanol–water partition coefficient (Wildman–Crippen LogP) is 4.09. The number of aromatic nitrogens is 2. The Labute approximate surface area is 159 Å². The topological polar surface area (TPSA) is 33.1 Å². The fourth-order valence-corrected chi connectivity index (χ4v) is 4.15. The molecule has 0 radical (unpaired) electrons. The highest BCUT2D eigenvalue weighted by atomic mass is 32.1. The van der Waals surface area contributed by atoms with Crippen LogP contribution in [0.4, 0.5) is 0 Å². The van der Waals surface area contributed by atoms with Crippen LogP contribution in [0.2, 0.25) is 0 Å². The minimum Gasteiger partial charge on any atom is -0.352 e. The number of hydrogen-bond donors (Lipinski definition) is 1. The molecule has 1 aromatic carbocycles. The van der Waals surface area contributed by atoms with Gasteiger partial charge in [0, 0.05) is 30.3 Å². The quantitative estimate of drug-likeness (QED) is 0.712. The van der Waals surface area contributed by atoms with Crippen LogP contribution in [-0.2, 0) is 0 Å². The van der Waals surface area contributed by atoms with Crippen molar-refractivity contribution in [1.82, 2.24) is 19.8 Å². The van der Waals surface area contributed by atoms with E-state index in [0.29, 0.717) is 0 Å². The van der Waals surface area contributed by atoms with Gasteiger partial charge in [-0.25, -0.2) is 0 Å². The van der Waals surface area contributed by atoms with E-state index >= 15 is 0 Å². The summed E-state index contributed by atoms with van der Waals surface area (Å²) in [6.07, 6.45) is 1.84. The van der Waals surface area contributed by atoms with E-state index in [0.717, 1.165) is 10.8 Å². The summed E-state index contributed by atoms with van der Waals surface area (Å²) in [6.45, 7) is 4.33. The maximum absolute atomic E-state index is 5.55. The lowest BCUT2D eigenvalue weighted by atomic mass is 9.97. The van der Waals surface area contributed by atoms with Crippen molar-refractivity contribution in [3.63, 3.8) is 0 Å². The monoisotopic (exact) mass is 362 g/mol. The summed E-state index contributed by atoms with van der Waals surface area (Å²) in [7, 11) is 2.05. The first-order valence-corrected chi connectivity index (χ1v) is 9.17. The lowest BCUT2D eigenvalue weighted by Gasteiger charge is -2.24. The predicted molar refractivity (Wildman–Crippen MR) is 108 cm³/mol. The summed E-state index contributed by atoms with van der Waals surface area (Å²) in [5.74, 6) is 0. The molecule has 0 spiro atoms. The maximum Gasteiger partial charge on any atom is 0.169 e. The van der Waals surface area contributed by atoms with Crippen molar-refractivity contribution in [3.05, 3.63) is 83.4 Å². The Balaban J connectivity index is 1.82. The van der Waals surface area contributed by atoms with Gasteiger partial charge in [-0.05, 0) is 62.0 Å². The molecular formula is C21H22N4S. The van der Waals surface area contributed by atoms with Crippen LogP contribution >= 0.6 is 12.2 Å². The zero-order chi connectivity index (χ0) is 18.3. The lowest BCUT2D eigenvalue weighted by Crippen LogP contribution is -2.25. The molecule has 26 heavy (non-hydrogen) atoms. The highest BCUT2D eigenvalue weighted by molar-refractivity contribution is 7.80. The smallest absolute Gasteiger partial charge is 0.169 e. The summed E-state index contributed by atoms with van der Waals surface area (Å²) in [5, 5.41) is 4.21. The number of thiocarbonyl (C=S) groups is 1. The number of benzene rings is 1. The number of aryl methyl sites for hydroxylation is 1. The van der Waals surface area contributed by atoms with Gasteiger partial charge in [-0.3, -0.25) is 4.98 Å². The molecule has 1 N–H and O–H groups in total. The van der Waals surface area contributed by atoms with Crippen molar-refractivity contribution in [1.29, 1.82) is 0 Å². The molecule has 1 aliphatic rings. The number of likely N-dealkylation sites (N-methyl/N-ethyl adjacent to an activating group) is 1. The number of rotatable bonds is 3. The van der Waals surface area contributed by atoms with E-state index in [4.69, 9.17) is 12.2 Å². The van der Waals surface area contributed by atoms with Gasteiger partial charge >= 0.3 is 0 Å². The average molecular weight is 363 g/mol. The van der Waals surface area contributed by atoms with Crippen LogP contribution in [0, 0.1) is 13.8 Å². The molecule has 0 bridgehead atoms. The summed E-state index contributed by atoms with van der Waals surface area (Å²) < 4.78 is 2.31. The van der Waals surface area contributed by atoms with Crippen molar-refractivity contribution >= 4 is 17.3 Å². The van der Waals surface area contributed by atoms with E-state index in [9.17, 15) is 0 Å². The number of hydrogen-bond acceptors (Lipinski definition) is 2. The standard InChI is InChI=1S/C21H22N4S/c1-14-13-17(15(2)25(14)16-9-5-4-6-10-16)20-19(23-21(26)24(20)3)18-11-7-8-12-22-18/h4-13,19-20H,1-3H3,(H,23,26)/t19-,20+/m1/s1. The second-order valence-electron chi connectivity index (χ2n) is 6.73. The number of para-hydroxylation sites is 1. The minimum absolute atomic E-state index is 0.0402. The van der Waals surface area contributed by atoms with Gasteiger partial charge in [-0.2, -0.15) is 0 Å². The molecule has 0 amide bonds. The largest absolute Gasteiger partial charge is 0.352 e. The molecule has 0 unspecified atom stereocenters. The van der Waals surface area contributed by atoms with Gasteiger partial charge in [-0.15, -0.1) is 0 Å². The number of nitrogens with zero attached hydrogens (tertiary/aromatic N) is 3. The van der Waals surface area contributed by atoms with Crippen LogP contribution < -0.4 is 5.32 Å². The summed E-state index contributed by atoms with van der Waals surface area (Å²) in [4.78, 5) is 6.71. The molecule has 1 saturated heterocycles. The second kappa shape index (κ2) is 6.57. The van der Waals surface area contributed by atoms with Crippen LogP contribution in [0.3, 0.4) is 0 Å². The fourth-order valence-electron chi connectivity index (χ4n) is 3.91. The second-order valence-corrected chi connectivity index (χ2v) is 7.12. The Morgan fingerprint density at radius 1 is 1.04 bits per heavy atom. The van der Waals surface area contributed by atoms with Gasteiger partial charge in [0.15, 0.2) is 5.11 Å². The normalized spacial score (nSPS) is 19.7. The Bertz CT molecular complexity index is 933. The molecule has 1 fully saturated rings. The molecule has 4 rings (SSSR count). The van der Waals surface area contributed by atoms with Gasteiger partial charge in [0.25, 0.3) is 0 Å². The molecule has 1 aliphatic heterocycles. The molecule has 2 atom stereocenters. The van der Waals surface area contributed by atoms with Crippen LogP contribution in [0.15, 0.2) is 60.8 Å². The maximum atomic E-state index is 5.55. The summed E-state index contributed by atoms with van der Waals surface area (Å²) in [6, 6.07) is 18.9. The van der Waals surface area contributed by atoms with Crippen molar-refractivity contribution in [3.8, 4) is 5.69 Å². The number of nitrogens with one attached hydrogen (secondary N) is 1. The molecule has 132 valence electrons.